The third kappa shape index (κ3) is 4.91. The van der Waals surface area contributed by atoms with Crippen LogP contribution in [0.5, 0.6) is 0 Å². The minimum atomic E-state index is -3.57. The van der Waals surface area contributed by atoms with Crippen molar-refractivity contribution < 1.29 is 13.2 Å². The fourth-order valence-corrected chi connectivity index (χ4v) is 5.72. The Morgan fingerprint density at radius 1 is 0.966 bits per heavy atom. The molecule has 9 heteroatoms. The van der Waals surface area contributed by atoms with Gasteiger partial charge in [0.1, 0.15) is 0 Å². The molecular formula is C20H30N4O4S. The summed E-state index contributed by atoms with van der Waals surface area (Å²) in [5.41, 5.74) is 0.770. The van der Waals surface area contributed by atoms with E-state index in [4.69, 9.17) is 4.74 Å². The fourth-order valence-electron chi connectivity index (χ4n) is 4.27. The lowest BCUT2D eigenvalue weighted by Gasteiger charge is -2.34. The molecule has 2 heterocycles. The van der Waals surface area contributed by atoms with Crippen LogP contribution in [-0.4, -0.2) is 73.0 Å². The van der Waals surface area contributed by atoms with E-state index in [1.165, 1.54) is 48.9 Å². The third-order valence-corrected chi connectivity index (χ3v) is 7.91. The van der Waals surface area contributed by atoms with Gasteiger partial charge in [-0.25, -0.2) is 13.2 Å². The number of hydrogen-bond donors (Lipinski definition) is 2. The molecule has 0 bridgehead atoms. The average Bonchev–Trinajstić information content (AvgIpc) is 2.90. The summed E-state index contributed by atoms with van der Waals surface area (Å²) in [6, 6.07) is 4.70. The van der Waals surface area contributed by atoms with Crippen molar-refractivity contribution in [3.63, 3.8) is 0 Å². The highest BCUT2D eigenvalue weighted by Gasteiger charge is 2.28. The molecule has 2 aliphatic rings. The van der Waals surface area contributed by atoms with E-state index in [0.717, 1.165) is 13.2 Å². The zero-order valence-electron chi connectivity index (χ0n) is 16.7. The molecule has 1 saturated heterocycles. The largest absolute Gasteiger partial charge is 0.377 e. The Balaban J connectivity index is 1.29. The van der Waals surface area contributed by atoms with Crippen molar-refractivity contribution in [2.24, 2.45) is 0 Å². The number of benzene rings is 1. The molecule has 1 aliphatic carbocycles. The van der Waals surface area contributed by atoms with Gasteiger partial charge >= 0.3 is 5.69 Å². The van der Waals surface area contributed by atoms with Crippen LogP contribution in [0.1, 0.15) is 38.5 Å². The molecule has 2 N–H and O–H groups in total. The highest BCUT2D eigenvalue weighted by atomic mass is 32.2. The van der Waals surface area contributed by atoms with Gasteiger partial charge in [-0.05, 0) is 31.0 Å². The first-order chi connectivity index (χ1) is 14.0. The zero-order valence-corrected chi connectivity index (χ0v) is 17.5. The summed E-state index contributed by atoms with van der Waals surface area (Å²) in [7, 11) is -3.57. The molecule has 0 spiro atoms. The van der Waals surface area contributed by atoms with Crippen LogP contribution in [0.15, 0.2) is 27.9 Å². The summed E-state index contributed by atoms with van der Waals surface area (Å²) >= 11 is 0. The van der Waals surface area contributed by atoms with Gasteiger partial charge in [0, 0.05) is 32.7 Å². The maximum absolute atomic E-state index is 13.0. The monoisotopic (exact) mass is 422 g/mol. The molecule has 1 aromatic heterocycles. The summed E-state index contributed by atoms with van der Waals surface area (Å²) in [6.45, 7) is 3.91. The lowest BCUT2D eigenvalue weighted by atomic mass is 10.1. The number of imidazole rings is 1. The fraction of sp³-hybridized carbons (Fsp3) is 0.650. The van der Waals surface area contributed by atoms with Gasteiger partial charge in [-0.1, -0.05) is 25.7 Å². The van der Waals surface area contributed by atoms with E-state index >= 15 is 0 Å². The minimum absolute atomic E-state index is 0.213. The molecule has 2 aromatic rings. The van der Waals surface area contributed by atoms with Crippen molar-refractivity contribution in [3.05, 3.63) is 28.7 Å². The lowest BCUT2D eigenvalue weighted by Crippen LogP contribution is -2.49. The molecule has 4 rings (SSSR count). The number of ether oxygens (including phenoxy) is 1. The number of sulfonamides is 1. The van der Waals surface area contributed by atoms with Gasteiger partial charge in [0.25, 0.3) is 0 Å². The zero-order chi connectivity index (χ0) is 20.3. The number of piperazine rings is 1. The smallest absolute Gasteiger partial charge is 0.323 e. The van der Waals surface area contributed by atoms with Gasteiger partial charge in [0.15, 0.2) is 0 Å². The maximum atomic E-state index is 13.0. The Bertz CT molecular complexity index is 968. The molecule has 2 fully saturated rings. The van der Waals surface area contributed by atoms with Crippen molar-refractivity contribution in [2.75, 3.05) is 39.3 Å². The van der Waals surface area contributed by atoms with Crippen LogP contribution in [0.25, 0.3) is 11.0 Å². The highest BCUT2D eigenvalue weighted by molar-refractivity contribution is 7.89. The molecule has 160 valence electrons. The summed E-state index contributed by atoms with van der Waals surface area (Å²) in [5, 5.41) is 0. The van der Waals surface area contributed by atoms with Crippen molar-refractivity contribution in [1.82, 2.24) is 19.2 Å². The Labute approximate surface area is 171 Å². The van der Waals surface area contributed by atoms with Crippen LogP contribution in [0.4, 0.5) is 0 Å². The van der Waals surface area contributed by atoms with Crippen LogP contribution in [0, 0.1) is 0 Å². The molecule has 0 radical (unpaired) electrons. The van der Waals surface area contributed by atoms with Gasteiger partial charge in [-0.2, -0.15) is 4.31 Å². The standard InChI is InChI=1S/C20H30N4O4S/c25-20-21-18-8-7-17(15-19(18)22-20)29(26,27)24-11-9-23(10-12-24)13-14-28-16-5-3-1-2-4-6-16/h7-8,15-16H,1-6,9-14H2,(H2,21,22,25). The van der Waals surface area contributed by atoms with E-state index in [1.54, 1.807) is 12.1 Å². The number of aromatic nitrogens is 2. The van der Waals surface area contributed by atoms with E-state index in [-0.39, 0.29) is 10.6 Å². The number of aromatic amines is 2. The number of nitrogens with zero attached hydrogens (tertiary/aromatic N) is 2. The molecule has 1 aliphatic heterocycles. The number of rotatable bonds is 6. The predicted molar refractivity (Wildman–Crippen MR) is 112 cm³/mol. The average molecular weight is 423 g/mol. The molecule has 1 aromatic carbocycles. The van der Waals surface area contributed by atoms with Crippen molar-refractivity contribution in [2.45, 2.75) is 49.5 Å². The first-order valence-corrected chi connectivity index (χ1v) is 12.0. The van der Waals surface area contributed by atoms with E-state index in [1.807, 2.05) is 0 Å². The van der Waals surface area contributed by atoms with Gasteiger partial charge in [-0.3, -0.25) is 4.90 Å². The second kappa shape index (κ2) is 8.99. The van der Waals surface area contributed by atoms with Gasteiger partial charge in [-0.15, -0.1) is 0 Å². The number of nitrogens with one attached hydrogen (secondary N) is 2. The van der Waals surface area contributed by atoms with E-state index in [0.29, 0.717) is 43.3 Å². The van der Waals surface area contributed by atoms with Crippen LogP contribution >= 0.6 is 0 Å². The van der Waals surface area contributed by atoms with Gasteiger partial charge in [0.05, 0.1) is 28.6 Å². The molecule has 0 unspecified atom stereocenters. The molecule has 1 saturated carbocycles. The molecule has 8 nitrogen and oxygen atoms in total. The first kappa shape index (κ1) is 20.6. The van der Waals surface area contributed by atoms with E-state index in [2.05, 4.69) is 14.9 Å². The summed E-state index contributed by atoms with van der Waals surface area (Å²) in [6.07, 6.45) is 7.92. The third-order valence-electron chi connectivity index (χ3n) is 6.02. The summed E-state index contributed by atoms with van der Waals surface area (Å²) in [4.78, 5) is 19.1. The SMILES string of the molecule is O=c1[nH]c2ccc(S(=O)(=O)N3CCN(CCOC4CCCCCC4)CC3)cc2[nH]1. The number of H-pyrrole nitrogens is 2. The maximum Gasteiger partial charge on any atom is 0.323 e. The van der Waals surface area contributed by atoms with Crippen molar-refractivity contribution in [3.8, 4) is 0 Å². The lowest BCUT2D eigenvalue weighted by molar-refractivity contribution is 0.0245. The Morgan fingerprint density at radius 2 is 1.66 bits per heavy atom. The minimum Gasteiger partial charge on any atom is -0.377 e. The first-order valence-electron chi connectivity index (χ1n) is 10.6. The topological polar surface area (TPSA) is 98.5 Å². The Kier molecular flexibility index (Phi) is 6.38. The molecule has 0 amide bonds. The van der Waals surface area contributed by atoms with Gasteiger partial charge in [0.2, 0.25) is 10.0 Å². The quantitative estimate of drug-likeness (QED) is 0.693. The number of fused-ring (bicyclic) bond motifs is 1. The second-order valence-electron chi connectivity index (χ2n) is 8.02. The van der Waals surface area contributed by atoms with E-state index < -0.39 is 10.0 Å². The van der Waals surface area contributed by atoms with Crippen molar-refractivity contribution in [1.29, 1.82) is 0 Å². The van der Waals surface area contributed by atoms with Crippen LogP contribution in [-0.2, 0) is 14.8 Å². The Hall–Kier alpha value is -1.68. The van der Waals surface area contributed by atoms with Crippen LogP contribution < -0.4 is 5.69 Å². The molecule has 0 atom stereocenters. The predicted octanol–water partition coefficient (Wildman–Crippen LogP) is 1.90. The normalized spacial score (nSPS) is 20.8. The number of hydrogen-bond acceptors (Lipinski definition) is 5. The second-order valence-corrected chi connectivity index (χ2v) is 9.95. The highest BCUT2D eigenvalue weighted by Crippen LogP contribution is 2.21. The molecule has 29 heavy (non-hydrogen) atoms. The Morgan fingerprint density at radius 3 is 2.38 bits per heavy atom. The molecular weight excluding hydrogens is 392 g/mol. The van der Waals surface area contributed by atoms with E-state index in [9.17, 15) is 13.2 Å². The summed E-state index contributed by atoms with van der Waals surface area (Å²) < 4.78 is 33.6. The summed E-state index contributed by atoms with van der Waals surface area (Å²) in [5.74, 6) is 0. The van der Waals surface area contributed by atoms with Crippen molar-refractivity contribution >= 4 is 21.1 Å². The van der Waals surface area contributed by atoms with Gasteiger partial charge < -0.3 is 14.7 Å². The van der Waals surface area contributed by atoms with Crippen LogP contribution in [0.2, 0.25) is 0 Å². The van der Waals surface area contributed by atoms with Crippen LogP contribution in [0.3, 0.4) is 0 Å².